The standard InChI is InChI=1S/C17H14F4N2O/c1-22-23-17(3-2-6-24)10-4-5-11(13(18)7-10)12-8-15(20)16(21)9-14(12)19/h4-9,22H,2-3H2,1H3/b23-17+. The molecule has 2 aromatic carbocycles. The highest BCUT2D eigenvalue weighted by Crippen LogP contribution is 2.28. The first-order valence-electron chi connectivity index (χ1n) is 7.09. The third-order valence-electron chi connectivity index (χ3n) is 3.35. The van der Waals surface area contributed by atoms with Gasteiger partial charge >= 0.3 is 0 Å². The average molecular weight is 338 g/mol. The molecule has 0 fully saturated rings. The van der Waals surface area contributed by atoms with E-state index in [1.54, 1.807) is 7.05 Å². The van der Waals surface area contributed by atoms with Crippen LogP contribution in [0.1, 0.15) is 18.4 Å². The van der Waals surface area contributed by atoms with Gasteiger partial charge in [0.05, 0.1) is 5.71 Å². The topological polar surface area (TPSA) is 41.5 Å². The minimum Gasteiger partial charge on any atom is -0.313 e. The molecule has 0 bridgehead atoms. The van der Waals surface area contributed by atoms with Crippen molar-refractivity contribution in [1.82, 2.24) is 5.43 Å². The van der Waals surface area contributed by atoms with Crippen LogP contribution in [0.5, 0.6) is 0 Å². The Kier molecular flexibility index (Phi) is 5.68. The largest absolute Gasteiger partial charge is 0.313 e. The summed E-state index contributed by atoms with van der Waals surface area (Å²) in [5.41, 5.74) is 2.83. The third kappa shape index (κ3) is 3.79. The molecular weight excluding hydrogens is 324 g/mol. The maximum atomic E-state index is 14.3. The first-order chi connectivity index (χ1) is 11.5. The fraction of sp³-hybridized carbons (Fsp3) is 0.176. The van der Waals surface area contributed by atoms with Crippen molar-refractivity contribution >= 4 is 12.0 Å². The quantitative estimate of drug-likeness (QED) is 0.286. The molecule has 1 N–H and O–H groups in total. The molecule has 3 nitrogen and oxygen atoms in total. The Morgan fingerprint density at radius 1 is 1.00 bits per heavy atom. The molecule has 0 spiro atoms. The van der Waals surface area contributed by atoms with E-state index in [0.29, 0.717) is 36.1 Å². The number of carbonyl (C=O) groups excluding carboxylic acids is 1. The molecule has 0 aliphatic rings. The lowest BCUT2D eigenvalue weighted by molar-refractivity contribution is -0.107. The predicted molar refractivity (Wildman–Crippen MR) is 82.6 cm³/mol. The highest BCUT2D eigenvalue weighted by molar-refractivity contribution is 6.01. The van der Waals surface area contributed by atoms with Crippen molar-refractivity contribution in [1.29, 1.82) is 0 Å². The van der Waals surface area contributed by atoms with Gasteiger partial charge in [-0.3, -0.25) is 0 Å². The minimum atomic E-state index is -1.34. The number of hydrogen-bond acceptors (Lipinski definition) is 3. The lowest BCUT2D eigenvalue weighted by Crippen LogP contribution is -2.08. The van der Waals surface area contributed by atoms with Crippen molar-refractivity contribution in [3.05, 3.63) is 59.2 Å². The predicted octanol–water partition coefficient (Wildman–Crippen LogP) is 3.81. The van der Waals surface area contributed by atoms with Gasteiger partial charge in [-0.05, 0) is 18.6 Å². The SMILES string of the molecule is CN/N=C(\CCC=O)c1ccc(-c2cc(F)c(F)cc2F)c(F)c1. The summed E-state index contributed by atoms with van der Waals surface area (Å²) in [5.74, 6) is -4.48. The van der Waals surface area contributed by atoms with Crippen LogP contribution >= 0.6 is 0 Å². The van der Waals surface area contributed by atoms with Crippen LogP contribution in [0.3, 0.4) is 0 Å². The van der Waals surface area contributed by atoms with Gasteiger partial charge in [0.25, 0.3) is 0 Å². The Morgan fingerprint density at radius 3 is 2.29 bits per heavy atom. The van der Waals surface area contributed by atoms with E-state index in [-0.39, 0.29) is 17.5 Å². The summed E-state index contributed by atoms with van der Waals surface area (Å²) >= 11 is 0. The summed E-state index contributed by atoms with van der Waals surface area (Å²) in [6.07, 6.45) is 1.22. The molecule has 0 aliphatic carbocycles. The highest BCUT2D eigenvalue weighted by Gasteiger charge is 2.16. The number of halogens is 4. The van der Waals surface area contributed by atoms with Crippen molar-refractivity contribution in [2.24, 2.45) is 5.10 Å². The van der Waals surface area contributed by atoms with Crippen LogP contribution in [0.4, 0.5) is 17.6 Å². The highest BCUT2D eigenvalue weighted by atomic mass is 19.2. The number of aldehydes is 1. The number of benzene rings is 2. The van der Waals surface area contributed by atoms with Crippen molar-refractivity contribution in [2.45, 2.75) is 12.8 Å². The molecule has 0 saturated heterocycles. The Balaban J connectivity index is 2.45. The first kappa shape index (κ1) is 17.7. The van der Waals surface area contributed by atoms with Gasteiger partial charge in [-0.2, -0.15) is 5.10 Å². The Labute approximate surface area is 136 Å². The van der Waals surface area contributed by atoms with E-state index in [2.05, 4.69) is 10.5 Å². The second-order valence-corrected chi connectivity index (χ2v) is 4.93. The molecule has 126 valence electrons. The molecule has 0 radical (unpaired) electrons. The second kappa shape index (κ2) is 7.72. The van der Waals surface area contributed by atoms with Crippen LogP contribution in [0.25, 0.3) is 11.1 Å². The van der Waals surface area contributed by atoms with Gasteiger partial charge in [0.1, 0.15) is 17.9 Å². The maximum absolute atomic E-state index is 14.3. The third-order valence-corrected chi connectivity index (χ3v) is 3.35. The fourth-order valence-corrected chi connectivity index (χ4v) is 2.24. The van der Waals surface area contributed by atoms with E-state index in [9.17, 15) is 22.4 Å². The molecule has 0 aromatic heterocycles. The molecule has 24 heavy (non-hydrogen) atoms. The molecule has 0 saturated carbocycles. The Hall–Kier alpha value is -2.70. The first-order valence-corrected chi connectivity index (χ1v) is 7.09. The molecular formula is C17H14F4N2O. The summed E-state index contributed by atoms with van der Waals surface area (Å²) in [5, 5.41) is 3.98. The fourth-order valence-electron chi connectivity index (χ4n) is 2.24. The Morgan fingerprint density at radius 2 is 1.67 bits per heavy atom. The molecule has 0 unspecified atom stereocenters. The smallest absolute Gasteiger partial charge is 0.161 e. The average Bonchev–Trinajstić information content (AvgIpc) is 2.55. The number of hydrogen-bond donors (Lipinski definition) is 1. The molecule has 2 rings (SSSR count). The summed E-state index contributed by atoms with van der Waals surface area (Å²) in [4.78, 5) is 10.5. The van der Waals surface area contributed by atoms with E-state index in [1.807, 2.05) is 0 Å². The minimum absolute atomic E-state index is 0.200. The lowest BCUT2D eigenvalue weighted by atomic mass is 9.99. The number of nitrogens with one attached hydrogen (secondary N) is 1. The maximum Gasteiger partial charge on any atom is 0.161 e. The van der Waals surface area contributed by atoms with Crippen LogP contribution in [0, 0.1) is 23.3 Å². The van der Waals surface area contributed by atoms with Crippen LogP contribution in [-0.4, -0.2) is 19.0 Å². The van der Waals surface area contributed by atoms with E-state index >= 15 is 0 Å². The zero-order chi connectivity index (χ0) is 17.7. The molecule has 0 heterocycles. The van der Waals surface area contributed by atoms with Gasteiger partial charge in [0, 0.05) is 36.2 Å². The monoisotopic (exact) mass is 338 g/mol. The molecule has 0 aliphatic heterocycles. The van der Waals surface area contributed by atoms with Gasteiger partial charge in [0.2, 0.25) is 0 Å². The number of carbonyl (C=O) groups is 1. The molecule has 0 atom stereocenters. The lowest BCUT2D eigenvalue weighted by Gasteiger charge is -2.10. The van der Waals surface area contributed by atoms with E-state index in [4.69, 9.17) is 0 Å². The number of hydrazone groups is 1. The van der Waals surface area contributed by atoms with Crippen molar-refractivity contribution < 1.29 is 22.4 Å². The molecule has 2 aromatic rings. The van der Waals surface area contributed by atoms with Gasteiger partial charge in [0.15, 0.2) is 11.6 Å². The second-order valence-electron chi connectivity index (χ2n) is 4.93. The van der Waals surface area contributed by atoms with E-state index < -0.39 is 23.3 Å². The van der Waals surface area contributed by atoms with Crippen LogP contribution in [0.2, 0.25) is 0 Å². The van der Waals surface area contributed by atoms with Gasteiger partial charge < -0.3 is 10.2 Å². The number of rotatable bonds is 6. The number of nitrogens with zero attached hydrogens (tertiary/aromatic N) is 1. The molecule has 0 amide bonds. The normalized spacial score (nSPS) is 11.5. The summed E-state index contributed by atoms with van der Waals surface area (Å²) < 4.78 is 54.4. The van der Waals surface area contributed by atoms with Crippen molar-refractivity contribution in [2.75, 3.05) is 7.05 Å². The zero-order valence-corrected chi connectivity index (χ0v) is 12.7. The summed E-state index contributed by atoms with van der Waals surface area (Å²) in [6, 6.07) is 4.82. The van der Waals surface area contributed by atoms with Crippen molar-refractivity contribution in [3.63, 3.8) is 0 Å². The van der Waals surface area contributed by atoms with Crippen LogP contribution < -0.4 is 5.43 Å². The van der Waals surface area contributed by atoms with E-state index in [1.165, 1.54) is 12.1 Å². The molecule has 7 heteroatoms. The van der Waals surface area contributed by atoms with Gasteiger partial charge in [-0.1, -0.05) is 12.1 Å². The summed E-state index contributed by atoms with van der Waals surface area (Å²) in [7, 11) is 1.56. The van der Waals surface area contributed by atoms with Crippen LogP contribution in [0.15, 0.2) is 35.4 Å². The Bertz CT molecular complexity index is 790. The van der Waals surface area contributed by atoms with Gasteiger partial charge in [-0.25, -0.2) is 17.6 Å². The van der Waals surface area contributed by atoms with Gasteiger partial charge in [-0.15, -0.1) is 0 Å². The van der Waals surface area contributed by atoms with E-state index in [0.717, 1.165) is 6.07 Å². The zero-order valence-electron chi connectivity index (χ0n) is 12.7. The van der Waals surface area contributed by atoms with Crippen molar-refractivity contribution in [3.8, 4) is 11.1 Å². The summed E-state index contributed by atoms with van der Waals surface area (Å²) in [6.45, 7) is 0. The van der Waals surface area contributed by atoms with Crippen LogP contribution in [-0.2, 0) is 4.79 Å².